The summed E-state index contributed by atoms with van der Waals surface area (Å²) in [5.41, 5.74) is 2.22. The van der Waals surface area contributed by atoms with Crippen LogP contribution in [0, 0.1) is 17.2 Å². The van der Waals surface area contributed by atoms with E-state index in [0.717, 1.165) is 24.8 Å². The fraction of sp³-hybridized carbons (Fsp3) is 0.316. The Hall–Kier alpha value is -1.95. The second kappa shape index (κ2) is 8.38. The van der Waals surface area contributed by atoms with Gasteiger partial charge in [-0.05, 0) is 77.1 Å². The van der Waals surface area contributed by atoms with Gasteiger partial charge in [0, 0.05) is 10.4 Å². The van der Waals surface area contributed by atoms with Crippen LogP contribution in [0.4, 0.5) is 5.00 Å². The van der Waals surface area contributed by atoms with Crippen LogP contribution < -0.4 is 15.4 Å². The van der Waals surface area contributed by atoms with Gasteiger partial charge in [-0.3, -0.25) is 10.1 Å². The summed E-state index contributed by atoms with van der Waals surface area (Å²) in [6.07, 6.45) is 2.98. The number of fused-ring (bicyclic) bond motifs is 1. The first kappa shape index (κ1) is 19.8. The maximum atomic E-state index is 12.4. The summed E-state index contributed by atoms with van der Waals surface area (Å²) in [5, 5.41) is 16.1. The number of nitrogens with one attached hydrogen (secondary N) is 2. The number of carbonyl (C=O) groups excluding carboxylic acids is 1. The van der Waals surface area contributed by atoms with E-state index in [4.69, 9.17) is 17.0 Å². The summed E-state index contributed by atoms with van der Waals surface area (Å²) in [5.74, 6) is 0.935. The average Bonchev–Trinajstić information content (AvgIpc) is 2.97. The van der Waals surface area contributed by atoms with Gasteiger partial charge in [0.25, 0.3) is 5.91 Å². The first-order valence-electron chi connectivity index (χ1n) is 8.43. The molecule has 0 unspecified atom stereocenters. The monoisotopic (exact) mass is 463 g/mol. The molecule has 0 spiro atoms. The van der Waals surface area contributed by atoms with Crippen LogP contribution in [-0.2, 0) is 12.8 Å². The Labute approximate surface area is 175 Å². The third-order valence-electron chi connectivity index (χ3n) is 4.49. The fourth-order valence-corrected chi connectivity index (χ4v) is 5.24. The number of nitrogens with zero attached hydrogens (tertiary/aromatic N) is 1. The van der Waals surface area contributed by atoms with Crippen molar-refractivity contribution >= 4 is 55.5 Å². The van der Waals surface area contributed by atoms with E-state index in [1.807, 2.05) is 0 Å². The van der Waals surface area contributed by atoms with Crippen LogP contribution in [0.15, 0.2) is 22.7 Å². The lowest BCUT2D eigenvalue weighted by Gasteiger charge is -2.17. The highest BCUT2D eigenvalue weighted by Gasteiger charge is 2.24. The van der Waals surface area contributed by atoms with E-state index < -0.39 is 0 Å². The van der Waals surface area contributed by atoms with Crippen molar-refractivity contribution in [2.24, 2.45) is 5.92 Å². The number of anilines is 1. The van der Waals surface area contributed by atoms with E-state index in [-0.39, 0.29) is 11.0 Å². The molecule has 0 fully saturated rings. The molecule has 2 aromatic rings. The standard InChI is InChI=1S/C19H18BrN3O2S2/c1-10-3-5-12-13(9-21)18(27-16(12)7-10)23-19(26)22-17(24)11-4-6-15(25-2)14(20)8-11/h4,6,8,10H,3,5,7H2,1-2H3,(H2,22,23,24,26)/t10-/m1/s1. The van der Waals surface area contributed by atoms with Gasteiger partial charge < -0.3 is 10.1 Å². The molecule has 27 heavy (non-hydrogen) atoms. The molecule has 1 atom stereocenters. The number of rotatable bonds is 3. The molecule has 1 aliphatic rings. The molecule has 0 radical (unpaired) electrons. The topological polar surface area (TPSA) is 74.2 Å². The fourth-order valence-electron chi connectivity index (χ4n) is 3.07. The van der Waals surface area contributed by atoms with Gasteiger partial charge in [0.2, 0.25) is 0 Å². The highest BCUT2D eigenvalue weighted by atomic mass is 79.9. The molecule has 8 heteroatoms. The minimum Gasteiger partial charge on any atom is -0.496 e. The molecule has 1 amide bonds. The second-order valence-corrected chi connectivity index (χ2v) is 8.79. The van der Waals surface area contributed by atoms with Crippen LogP contribution in [0.3, 0.4) is 0 Å². The van der Waals surface area contributed by atoms with Crippen LogP contribution in [0.2, 0.25) is 0 Å². The molecule has 0 bridgehead atoms. The number of benzene rings is 1. The van der Waals surface area contributed by atoms with Crippen molar-refractivity contribution in [2.75, 3.05) is 12.4 Å². The van der Waals surface area contributed by atoms with Gasteiger partial charge in [-0.15, -0.1) is 11.3 Å². The Kier molecular flexibility index (Phi) is 6.15. The van der Waals surface area contributed by atoms with Crippen molar-refractivity contribution < 1.29 is 9.53 Å². The molecule has 0 saturated carbocycles. The third kappa shape index (κ3) is 4.32. The lowest BCUT2D eigenvalue weighted by atomic mass is 9.89. The normalized spacial score (nSPS) is 15.4. The highest BCUT2D eigenvalue weighted by molar-refractivity contribution is 9.10. The summed E-state index contributed by atoms with van der Waals surface area (Å²) >= 11 is 10.2. The number of halogens is 1. The van der Waals surface area contributed by atoms with E-state index in [1.54, 1.807) is 36.6 Å². The molecule has 140 valence electrons. The van der Waals surface area contributed by atoms with E-state index in [1.165, 1.54) is 4.88 Å². The zero-order valence-electron chi connectivity index (χ0n) is 14.9. The van der Waals surface area contributed by atoms with E-state index in [9.17, 15) is 10.1 Å². The second-order valence-electron chi connectivity index (χ2n) is 6.43. The SMILES string of the molecule is COc1ccc(C(=O)NC(=S)Nc2sc3c(c2C#N)CC[C@@H](C)C3)cc1Br. The number of thiocarbonyl (C=S) groups is 1. The van der Waals surface area contributed by atoms with Crippen molar-refractivity contribution in [1.82, 2.24) is 5.32 Å². The predicted octanol–water partition coefficient (Wildman–Crippen LogP) is 4.64. The van der Waals surface area contributed by atoms with Crippen LogP contribution in [0.1, 0.15) is 39.7 Å². The molecule has 0 saturated heterocycles. The van der Waals surface area contributed by atoms with E-state index in [2.05, 4.69) is 39.6 Å². The van der Waals surface area contributed by atoms with Crippen molar-refractivity contribution in [1.29, 1.82) is 5.26 Å². The number of thiophene rings is 1. The molecule has 1 heterocycles. The number of ether oxygens (including phenoxy) is 1. The summed E-state index contributed by atoms with van der Waals surface area (Å²) in [6.45, 7) is 2.22. The third-order valence-corrected chi connectivity index (χ3v) is 6.49. The lowest BCUT2D eigenvalue weighted by Crippen LogP contribution is -2.34. The molecular formula is C19H18BrN3O2S2. The van der Waals surface area contributed by atoms with Crippen molar-refractivity contribution in [3.63, 3.8) is 0 Å². The largest absolute Gasteiger partial charge is 0.496 e. The Morgan fingerprint density at radius 3 is 2.93 bits per heavy atom. The molecule has 2 N–H and O–H groups in total. The minimum atomic E-state index is -0.329. The van der Waals surface area contributed by atoms with E-state index >= 15 is 0 Å². The zero-order valence-corrected chi connectivity index (χ0v) is 18.1. The average molecular weight is 464 g/mol. The zero-order chi connectivity index (χ0) is 19.6. The summed E-state index contributed by atoms with van der Waals surface area (Å²) in [4.78, 5) is 13.7. The maximum Gasteiger partial charge on any atom is 0.257 e. The van der Waals surface area contributed by atoms with Crippen molar-refractivity contribution in [3.8, 4) is 11.8 Å². The van der Waals surface area contributed by atoms with Crippen LogP contribution in [0.5, 0.6) is 5.75 Å². The number of nitriles is 1. The molecule has 1 aromatic carbocycles. The molecule has 3 rings (SSSR count). The number of amides is 1. The summed E-state index contributed by atoms with van der Waals surface area (Å²) in [6, 6.07) is 7.32. The van der Waals surface area contributed by atoms with Crippen LogP contribution >= 0.6 is 39.5 Å². The summed E-state index contributed by atoms with van der Waals surface area (Å²) < 4.78 is 5.85. The predicted molar refractivity (Wildman–Crippen MR) is 115 cm³/mol. The smallest absolute Gasteiger partial charge is 0.257 e. The Bertz CT molecular complexity index is 949. The van der Waals surface area contributed by atoms with Gasteiger partial charge in [-0.1, -0.05) is 6.92 Å². The van der Waals surface area contributed by atoms with Crippen molar-refractivity contribution in [3.05, 3.63) is 44.2 Å². The number of hydrogen-bond donors (Lipinski definition) is 2. The first-order chi connectivity index (χ1) is 12.9. The van der Waals surface area contributed by atoms with Gasteiger partial charge >= 0.3 is 0 Å². The van der Waals surface area contributed by atoms with Crippen LogP contribution in [-0.4, -0.2) is 18.1 Å². The van der Waals surface area contributed by atoms with Gasteiger partial charge in [-0.25, -0.2) is 0 Å². The van der Waals surface area contributed by atoms with Gasteiger partial charge in [0.15, 0.2) is 5.11 Å². The minimum absolute atomic E-state index is 0.176. The Morgan fingerprint density at radius 2 is 2.26 bits per heavy atom. The lowest BCUT2D eigenvalue weighted by molar-refractivity contribution is 0.0977. The van der Waals surface area contributed by atoms with Gasteiger partial charge in [0.1, 0.15) is 16.8 Å². The number of methoxy groups -OCH3 is 1. The van der Waals surface area contributed by atoms with Gasteiger partial charge in [-0.2, -0.15) is 5.26 Å². The quantitative estimate of drug-likeness (QED) is 0.648. The molecule has 1 aliphatic carbocycles. The number of carbonyl (C=O) groups is 1. The number of hydrogen-bond acceptors (Lipinski definition) is 5. The highest BCUT2D eigenvalue weighted by Crippen LogP contribution is 2.39. The first-order valence-corrected chi connectivity index (χ1v) is 10.4. The maximum absolute atomic E-state index is 12.4. The molecular weight excluding hydrogens is 446 g/mol. The molecule has 1 aromatic heterocycles. The Balaban J connectivity index is 1.72. The Morgan fingerprint density at radius 1 is 1.48 bits per heavy atom. The van der Waals surface area contributed by atoms with E-state index in [0.29, 0.717) is 32.3 Å². The van der Waals surface area contributed by atoms with Crippen LogP contribution in [0.25, 0.3) is 0 Å². The molecule has 5 nitrogen and oxygen atoms in total. The summed E-state index contributed by atoms with van der Waals surface area (Å²) in [7, 11) is 1.56. The van der Waals surface area contributed by atoms with Crippen molar-refractivity contribution in [2.45, 2.75) is 26.2 Å². The van der Waals surface area contributed by atoms with Gasteiger partial charge in [0.05, 0.1) is 17.1 Å². The molecule has 0 aliphatic heterocycles.